The Bertz CT molecular complexity index is 660. The van der Waals surface area contributed by atoms with Gasteiger partial charge in [0.05, 0.1) is 0 Å². The van der Waals surface area contributed by atoms with Crippen molar-refractivity contribution in [1.82, 2.24) is 9.97 Å². The van der Waals surface area contributed by atoms with Crippen molar-refractivity contribution in [2.24, 2.45) is 5.92 Å². The highest BCUT2D eigenvalue weighted by atomic mass is 16.3. The van der Waals surface area contributed by atoms with Crippen molar-refractivity contribution < 1.29 is 5.11 Å². The van der Waals surface area contributed by atoms with E-state index in [0.717, 1.165) is 12.0 Å². The Morgan fingerprint density at radius 1 is 1.30 bits per heavy atom. The Morgan fingerprint density at radius 3 is 2.60 bits per heavy atom. The minimum atomic E-state index is -0.287. The lowest BCUT2D eigenvalue weighted by Gasteiger charge is -2.09. The molecule has 2 aromatic rings. The van der Waals surface area contributed by atoms with Gasteiger partial charge in [0.1, 0.15) is 11.4 Å². The number of hydrogen-bond acceptors (Lipinski definition) is 3. The summed E-state index contributed by atoms with van der Waals surface area (Å²) in [5, 5.41) is 10.1. The van der Waals surface area contributed by atoms with Crippen molar-refractivity contribution in [3.8, 4) is 17.0 Å². The zero-order valence-electron chi connectivity index (χ0n) is 12.1. The van der Waals surface area contributed by atoms with Crippen LogP contribution in [0.1, 0.15) is 31.7 Å². The fraction of sp³-hybridized carbons (Fsp3) is 0.375. The summed E-state index contributed by atoms with van der Waals surface area (Å²) in [6.07, 6.45) is 1.58. The summed E-state index contributed by atoms with van der Waals surface area (Å²) in [6.45, 7) is 6.13. The van der Waals surface area contributed by atoms with Crippen LogP contribution in [0.3, 0.4) is 0 Å². The van der Waals surface area contributed by atoms with Gasteiger partial charge < -0.3 is 10.1 Å². The number of rotatable bonds is 4. The standard InChI is InChI=1S/C16H20N2O2/c1-10(2)8-9-13-17-15(19)14(16(20)18-13)12-7-5-4-6-11(12)3/h4-7,10H,8-9H2,1-3H3,(H2,17,18,19,20). The maximum Gasteiger partial charge on any atom is 0.262 e. The molecule has 106 valence electrons. The van der Waals surface area contributed by atoms with Crippen molar-refractivity contribution in [3.05, 3.63) is 46.0 Å². The molecule has 1 aromatic carbocycles. The largest absolute Gasteiger partial charge is 0.493 e. The first-order chi connectivity index (χ1) is 9.49. The molecule has 0 amide bonds. The molecule has 0 bridgehead atoms. The number of aromatic hydroxyl groups is 1. The van der Waals surface area contributed by atoms with Gasteiger partial charge in [-0.15, -0.1) is 0 Å². The Labute approximate surface area is 118 Å². The molecule has 0 aliphatic carbocycles. The number of H-pyrrole nitrogens is 1. The van der Waals surface area contributed by atoms with Crippen molar-refractivity contribution in [1.29, 1.82) is 0 Å². The van der Waals surface area contributed by atoms with Crippen LogP contribution >= 0.6 is 0 Å². The maximum absolute atomic E-state index is 12.2. The van der Waals surface area contributed by atoms with Crippen LogP contribution in [-0.4, -0.2) is 15.1 Å². The van der Waals surface area contributed by atoms with Gasteiger partial charge in [-0.2, -0.15) is 4.98 Å². The predicted molar refractivity (Wildman–Crippen MR) is 79.9 cm³/mol. The van der Waals surface area contributed by atoms with E-state index in [-0.39, 0.29) is 17.0 Å². The fourth-order valence-corrected chi connectivity index (χ4v) is 2.15. The second-order valence-electron chi connectivity index (χ2n) is 5.46. The van der Waals surface area contributed by atoms with Gasteiger partial charge in [0.25, 0.3) is 5.56 Å². The second kappa shape index (κ2) is 5.90. The van der Waals surface area contributed by atoms with Crippen LogP contribution in [0.25, 0.3) is 11.1 Å². The van der Waals surface area contributed by atoms with E-state index in [4.69, 9.17) is 0 Å². The normalized spacial score (nSPS) is 11.0. The minimum Gasteiger partial charge on any atom is -0.493 e. The summed E-state index contributed by atoms with van der Waals surface area (Å²) in [5.41, 5.74) is 1.61. The molecule has 4 nitrogen and oxygen atoms in total. The highest BCUT2D eigenvalue weighted by Crippen LogP contribution is 2.26. The van der Waals surface area contributed by atoms with Crippen LogP contribution in [0.15, 0.2) is 29.1 Å². The SMILES string of the molecule is Cc1ccccc1-c1c(O)nc(CCC(C)C)[nH]c1=O. The monoisotopic (exact) mass is 272 g/mol. The summed E-state index contributed by atoms with van der Waals surface area (Å²) in [6, 6.07) is 7.46. The first kappa shape index (κ1) is 14.3. The number of aryl methyl sites for hydroxylation is 2. The number of hydrogen-bond donors (Lipinski definition) is 2. The molecule has 0 saturated heterocycles. The number of nitrogens with zero attached hydrogens (tertiary/aromatic N) is 1. The van der Waals surface area contributed by atoms with Crippen LogP contribution in [0.4, 0.5) is 0 Å². The average molecular weight is 272 g/mol. The zero-order chi connectivity index (χ0) is 14.7. The molecule has 0 aliphatic rings. The van der Waals surface area contributed by atoms with E-state index in [1.54, 1.807) is 0 Å². The third-order valence-electron chi connectivity index (χ3n) is 3.32. The van der Waals surface area contributed by atoms with Crippen molar-refractivity contribution in [3.63, 3.8) is 0 Å². The number of aromatic nitrogens is 2. The molecule has 0 aliphatic heterocycles. The minimum absolute atomic E-state index is 0.193. The van der Waals surface area contributed by atoms with Crippen LogP contribution in [0, 0.1) is 12.8 Å². The third kappa shape index (κ3) is 3.07. The van der Waals surface area contributed by atoms with Crippen molar-refractivity contribution in [2.45, 2.75) is 33.6 Å². The van der Waals surface area contributed by atoms with Gasteiger partial charge in [-0.25, -0.2) is 0 Å². The molecule has 0 radical (unpaired) electrons. The fourth-order valence-electron chi connectivity index (χ4n) is 2.15. The summed E-state index contributed by atoms with van der Waals surface area (Å²) >= 11 is 0. The van der Waals surface area contributed by atoms with Crippen LogP contribution in [0.5, 0.6) is 5.88 Å². The van der Waals surface area contributed by atoms with E-state index in [9.17, 15) is 9.90 Å². The molecule has 4 heteroatoms. The molecule has 1 aromatic heterocycles. The lowest BCUT2D eigenvalue weighted by molar-refractivity contribution is 0.447. The van der Waals surface area contributed by atoms with E-state index in [2.05, 4.69) is 23.8 Å². The second-order valence-corrected chi connectivity index (χ2v) is 5.46. The Hall–Kier alpha value is -2.10. The molecular formula is C16H20N2O2. The van der Waals surface area contributed by atoms with Crippen LogP contribution < -0.4 is 5.56 Å². The molecule has 2 N–H and O–H groups in total. The number of nitrogens with one attached hydrogen (secondary N) is 1. The lowest BCUT2D eigenvalue weighted by Crippen LogP contribution is -2.15. The first-order valence-corrected chi connectivity index (χ1v) is 6.87. The topological polar surface area (TPSA) is 66.0 Å². The third-order valence-corrected chi connectivity index (χ3v) is 3.32. The molecule has 20 heavy (non-hydrogen) atoms. The summed E-state index contributed by atoms with van der Waals surface area (Å²) < 4.78 is 0. The summed E-state index contributed by atoms with van der Waals surface area (Å²) in [5.74, 6) is 0.874. The van der Waals surface area contributed by atoms with Gasteiger partial charge in [0, 0.05) is 6.42 Å². The van der Waals surface area contributed by atoms with E-state index < -0.39 is 0 Å². The average Bonchev–Trinajstić information content (AvgIpc) is 2.38. The smallest absolute Gasteiger partial charge is 0.262 e. The summed E-state index contributed by atoms with van der Waals surface area (Å²) in [7, 11) is 0. The Balaban J connectivity index is 2.42. The lowest BCUT2D eigenvalue weighted by atomic mass is 10.0. The van der Waals surface area contributed by atoms with Gasteiger partial charge in [0.2, 0.25) is 5.88 Å². The Morgan fingerprint density at radius 2 is 2.00 bits per heavy atom. The molecule has 0 unspecified atom stereocenters. The molecule has 0 saturated carbocycles. The van der Waals surface area contributed by atoms with Crippen molar-refractivity contribution >= 4 is 0 Å². The van der Waals surface area contributed by atoms with Gasteiger partial charge in [0.15, 0.2) is 0 Å². The predicted octanol–water partition coefficient (Wildman–Crippen LogP) is 3.04. The van der Waals surface area contributed by atoms with Crippen LogP contribution in [-0.2, 0) is 6.42 Å². The molecule has 0 fully saturated rings. The van der Waals surface area contributed by atoms with Gasteiger partial charge in [-0.05, 0) is 30.4 Å². The molecule has 0 atom stereocenters. The molecular weight excluding hydrogens is 252 g/mol. The Kier molecular flexibility index (Phi) is 4.23. The first-order valence-electron chi connectivity index (χ1n) is 6.87. The quantitative estimate of drug-likeness (QED) is 0.899. The maximum atomic E-state index is 12.2. The highest BCUT2D eigenvalue weighted by molar-refractivity contribution is 5.70. The van der Waals surface area contributed by atoms with Crippen molar-refractivity contribution in [2.75, 3.05) is 0 Å². The van der Waals surface area contributed by atoms with E-state index in [1.165, 1.54) is 0 Å². The van der Waals surface area contributed by atoms with Gasteiger partial charge in [-0.3, -0.25) is 4.79 Å². The van der Waals surface area contributed by atoms with Gasteiger partial charge >= 0.3 is 0 Å². The highest BCUT2D eigenvalue weighted by Gasteiger charge is 2.14. The van der Waals surface area contributed by atoms with E-state index in [0.29, 0.717) is 23.7 Å². The van der Waals surface area contributed by atoms with E-state index in [1.807, 2.05) is 31.2 Å². The molecule has 0 spiro atoms. The molecule has 1 heterocycles. The zero-order valence-corrected chi connectivity index (χ0v) is 12.1. The van der Waals surface area contributed by atoms with Gasteiger partial charge in [-0.1, -0.05) is 38.1 Å². The van der Waals surface area contributed by atoms with E-state index >= 15 is 0 Å². The number of benzene rings is 1. The number of aromatic amines is 1. The summed E-state index contributed by atoms with van der Waals surface area (Å²) in [4.78, 5) is 19.1. The van der Waals surface area contributed by atoms with Crippen LogP contribution in [0.2, 0.25) is 0 Å². The molecule has 2 rings (SSSR count).